The van der Waals surface area contributed by atoms with E-state index in [9.17, 15) is 9.59 Å². The van der Waals surface area contributed by atoms with E-state index in [4.69, 9.17) is 8.94 Å². The number of halogens is 1. The van der Waals surface area contributed by atoms with Crippen molar-refractivity contribution in [2.75, 3.05) is 25.0 Å². The first-order valence-electron chi connectivity index (χ1n) is 9.66. The Morgan fingerprint density at radius 3 is 2.73 bits per heavy atom. The summed E-state index contributed by atoms with van der Waals surface area (Å²) < 4.78 is 11.2. The number of piperidine rings is 1. The first-order valence-corrected chi connectivity index (χ1v) is 10.4. The maximum atomic E-state index is 13.4. The topological polar surface area (TPSA) is 92.7 Å². The highest BCUT2D eigenvalue weighted by Crippen LogP contribution is 2.29. The number of para-hydroxylation sites is 1. The summed E-state index contributed by atoms with van der Waals surface area (Å²) in [4.78, 5) is 33.7. The van der Waals surface area contributed by atoms with Crippen molar-refractivity contribution in [3.63, 3.8) is 0 Å². The van der Waals surface area contributed by atoms with Crippen LogP contribution in [0.3, 0.4) is 0 Å². The number of carbonyl (C=O) groups excluding carboxylic acids is 2. The third-order valence-corrected chi connectivity index (χ3v) is 5.61. The Hall–Kier alpha value is -2.94. The van der Waals surface area contributed by atoms with Crippen molar-refractivity contribution in [2.24, 2.45) is 0 Å². The fourth-order valence-corrected chi connectivity index (χ4v) is 3.97. The number of aryl methyl sites for hydroxylation is 1. The fourth-order valence-electron chi connectivity index (χ4n) is 3.66. The highest BCUT2D eigenvalue weighted by molar-refractivity contribution is 9.10. The van der Waals surface area contributed by atoms with Crippen molar-refractivity contribution >= 4 is 33.4 Å². The maximum absolute atomic E-state index is 13.4. The van der Waals surface area contributed by atoms with Gasteiger partial charge in [0, 0.05) is 20.1 Å². The smallest absolute Gasteiger partial charge is 0.293 e. The predicted octanol–water partition coefficient (Wildman–Crippen LogP) is 4.03. The average molecular weight is 473 g/mol. The van der Waals surface area contributed by atoms with Crippen LogP contribution in [-0.4, -0.2) is 47.0 Å². The molecule has 1 unspecified atom stereocenters. The molecule has 0 saturated carbocycles. The van der Waals surface area contributed by atoms with E-state index in [1.165, 1.54) is 4.90 Å². The number of anilines is 1. The van der Waals surface area contributed by atoms with Crippen molar-refractivity contribution in [1.82, 2.24) is 15.0 Å². The van der Waals surface area contributed by atoms with Gasteiger partial charge in [-0.05, 0) is 60.0 Å². The second-order valence-electron chi connectivity index (χ2n) is 7.26. The minimum absolute atomic E-state index is 0.0101. The van der Waals surface area contributed by atoms with Crippen molar-refractivity contribution in [3.8, 4) is 0 Å². The fraction of sp³-hybridized carbons (Fsp3) is 0.333. The minimum atomic E-state index is -0.334. The molecule has 30 heavy (non-hydrogen) atoms. The number of hydrogen-bond donors (Lipinski definition) is 0. The van der Waals surface area contributed by atoms with Gasteiger partial charge in [0.1, 0.15) is 0 Å². The molecular formula is C21H21BrN4O4. The number of likely N-dealkylation sites (tertiary alicyclic amines) is 1. The van der Waals surface area contributed by atoms with Crippen LogP contribution in [0, 0.1) is 6.92 Å². The predicted molar refractivity (Wildman–Crippen MR) is 112 cm³/mol. The maximum Gasteiger partial charge on any atom is 0.293 e. The molecule has 8 nitrogen and oxygen atoms in total. The normalized spacial score (nSPS) is 16.5. The Balaban J connectivity index is 1.56. The molecule has 4 rings (SSSR count). The van der Waals surface area contributed by atoms with Gasteiger partial charge in [-0.2, -0.15) is 4.98 Å². The zero-order chi connectivity index (χ0) is 21.3. The van der Waals surface area contributed by atoms with Gasteiger partial charge in [0.25, 0.3) is 11.8 Å². The molecule has 0 radical (unpaired) electrons. The monoisotopic (exact) mass is 472 g/mol. The molecule has 1 aliphatic heterocycles. The number of carbonyl (C=O) groups is 2. The molecule has 2 aromatic heterocycles. The summed E-state index contributed by atoms with van der Waals surface area (Å²) in [6, 6.07) is 10.3. The molecule has 1 aliphatic rings. The highest BCUT2D eigenvalue weighted by atomic mass is 79.9. The van der Waals surface area contributed by atoms with E-state index in [1.807, 2.05) is 0 Å². The van der Waals surface area contributed by atoms with Crippen LogP contribution in [0.5, 0.6) is 0 Å². The van der Waals surface area contributed by atoms with Crippen LogP contribution in [0.15, 0.2) is 50.0 Å². The second-order valence-corrected chi connectivity index (χ2v) is 8.04. The lowest BCUT2D eigenvalue weighted by atomic mass is 9.97. The molecule has 1 fully saturated rings. The number of amides is 2. The van der Waals surface area contributed by atoms with Crippen LogP contribution >= 0.6 is 15.9 Å². The third kappa shape index (κ3) is 4.02. The number of benzene rings is 1. The lowest BCUT2D eigenvalue weighted by Gasteiger charge is -2.32. The first-order chi connectivity index (χ1) is 14.4. The summed E-state index contributed by atoms with van der Waals surface area (Å²) in [5, 5.41) is 3.86. The van der Waals surface area contributed by atoms with E-state index in [2.05, 4.69) is 26.1 Å². The van der Waals surface area contributed by atoms with Crippen LogP contribution < -0.4 is 4.90 Å². The van der Waals surface area contributed by atoms with E-state index in [-0.39, 0.29) is 23.5 Å². The van der Waals surface area contributed by atoms with Crippen molar-refractivity contribution < 1.29 is 18.5 Å². The zero-order valence-electron chi connectivity index (χ0n) is 16.7. The Bertz CT molecular complexity index is 1080. The van der Waals surface area contributed by atoms with Gasteiger partial charge in [0.15, 0.2) is 16.3 Å². The third-order valence-electron chi connectivity index (χ3n) is 5.19. The summed E-state index contributed by atoms with van der Waals surface area (Å²) in [6.07, 6.45) is 1.73. The molecule has 1 saturated heterocycles. The van der Waals surface area contributed by atoms with Crippen LogP contribution in [0.4, 0.5) is 5.69 Å². The number of hydrogen-bond acceptors (Lipinski definition) is 6. The minimum Gasteiger partial charge on any atom is -0.444 e. The molecule has 156 valence electrons. The number of nitrogens with zero attached hydrogens (tertiary/aromatic N) is 4. The molecule has 0 aliphatic carbocycles. The molecule has 0 bridgehead atoms. The molecule has 3 heterocycles. The van der Waals surface area contributed by atoms with Gasteiger partial charge in [-0.3, -0.25) is 9.59 Å². The Kier molecular flexibility index (Phi) is 5.72. The van der Waals surface area contributed by atoms with Gasteiger partial charge in [0.05, 0.1) is 17.2 Å². The van der Waals surface area contributed by atoms with E-state index < -0.39 is 0 Å². The van der Waals surface area contributed by atoms with E-state index in [0.29, 0.717) is 40.7 Å². The zero-order valence-corrected chi connectivity index (χ0v) is 18.3. The molecule has 9 heteroatoms. The molecule has 3 aromatic rings. The Morgan fingerprint density at radius 1 is 1.23 bits per heavy atom. The standard InChI is InChI=1S/C21H21BrN4O4/c1-13-23-19(30-24-13)14-6-5-11-26(12-14)20(27)15-7-3-4-8-16(15)25(2)21(28)17-9-10-18(22)29-17/h3-4,7-10,14H,5-6,11-12H2,1-2H3. The number of rotatable bonds is 4. The van der Waals surface area contributed by atoms with E-state index >= 15 is 0 Å². The lowest BCUT2D eigenvalue weighted by Crippen LogP contribution is -2.40. The highest BCUT2D eigenvalue weighted by Gasteiger charge is 2.31. The van der Waals surface area contributed by atoms with Crippen molar-refractivity contribution in [3.05, 3.63) is 64.1 Å². The van der Waals surface area contributed by atoms with Gasteiger partial charge < -0.3 is 18.7 Å². The first kappa shape index (κ1) is 20.3. The molecule has 0 N–H and O–H groups in total. The molecule has 2 amide bonds. The van der Waals surface area contributed by atoms with Crippen LogP contribution in [0.2, 0.25) is 0 Å². The summed E-state index contributed by atoms with van der Waals surface area (Å²) >= 11 is 3.21. The van der Waals surface area contributed by atoms with E-state index in [1.54, 1.807) is 55.3 Å². The molecular weight excluding hydrogens is 452 g/mol. The largest absolute Gasteiger partial charge is 0.444 e. The molecule has 1 aromatic carbocycles. The Morgan fingerprint density at radius 2 is 2.03 bits per heavy atom. The van der Waals surface area contributed by atoms with Crippen molar-refractivity contribution in [1.29, 1.82) is 0 Å². The Labute approximate surface area is 182 Å². The van der Waals surface area contributed by atoms with Crippen LogP contribution in [0.25, 0.3) is 0 Å². The summed E-state index contributed by atoms with van der Waals surface area (Å²) in [7, 11) is 1.63. The number of aromatic nitrogens is 2. The van der Waals surface area contributed by atoms with Crippen LogP contribution in [-0.2, 0) is 0 Å². The van der Waals surface area contributed by atoms with E-state index in [0.717, 1.165) is 12.8 Å². The molecule has 0 spiro atoms. The molecule has 1 atom stereocenters. The van der Waals surface area contributed by atoms with Gasteiger partial charge in [-0.25, -0.2) is 0 Å². The summed E-state index contributed by atoms with van der Waals surface area (Å²) in [5.41, 5.74) is 0.983. The number of furan rings is 1. The van der Waals surface area contributed by atoms with Gasteiger partial charge >= 0.3 is 0 Å². The van der Waals surface area contributed by atoms with Crippen LogP contribution in [0.1, 0.15) is 51.4 Å². The summed E-state index contributed by atoms with van der Waals surface area (Å²) in [5.74, 6) is 0.885. The van der Waals surface area contributed by atoms with Gasteiger partial charge in [-0.15, -0.1) is 0 Å². The summed E-state index contributed by atoms with van der Waals surface area (Å²) in [6.45, 7) is 2.91. The SMILES string of the molecule is Cc1noc(C2CCCN(C(=O)c3ccccc3N(C)C(=O)c3ccc(Br)o3)C2)n1. The average Bonchev–Trinajstić information content (AvgIpc) is 3.40. The second kappa shape index (κ2) is 8.43. The van der Waals surface area contributed by atoms with Crippen molar-refractivity contribution in [2.45, 2.75) is 25.7 Å². The van der Waals surface area contributed by atoms with Gasteiger partial charge in [0.2, 0.25) is 5.89 Å². The lowest BCUT2D eigenvalue weighted by molar-refractivity contribution is 0.0696. The quantitative estimate of drug-likeness (QED) is 0.568. The van der Waals surface area contributed by atoms with Gasteiger partial charge in [-0.1, -0.05) is 17.3 Å².